The summed E-state index contributed by atoms with van der Waals surface area (Å²) in [5.74, 6) is 0.489. The van der Waals surface area contributed by atoms with Gasteiger partial charge in [0, 0.05) is 22.1 Å². The van der Waals surface area contributed by atoms with Gasteiger partial charge in [-0.25, -0.2) is 4.98 Å². The highest BCUT2D eigenvalue weighted by atomic mass is 35.5. The van der Waals surface area contributed by atoms with Crippen LogP contribution in [0, 0.1) is 24.0 Å². The highest BCUT2D eigenvalue weighted by molar-refractivity contribution is 6.32. The van der Waals surface area contributed by atoms with Crippen LogP contribution < -0.4 is 15.4 Å². The molecule has 0 unspecified atom stereocenters. The maximum Gasteiger partial charge on any atom is 0.373 e. The summed E-state index contributed by atoms with van der Waals surface area (Å²) in [4.78, 5) is 19.6. The highest BCUT2D eigenvalue weighted by Crippen LogP contribution is 2.38. The van der Waals surface area contributed by atoms with E-state index in [-0.39, 0.29) is 34.5 Å². The number of halogens is 1. The first-order chi connectivity index (χ1) is 13.9. The Labute approximate surface area is 181 Å². The maximum atomic E-state index is 11.9. The highest BCUT2D eigenvalue weighted by Gasteiger charge is 2.39. The van der Waals surface area contributed by atoms with Crippen molar-refractivity contribution in [3.05, 3.63) is 44.7 Å². The Bertz CT molecular complexity index is 938. The van der Waals surface area contributed by atoms with Gasteiger partial charge in [0.15, 0.2) is 0 Å². The lowest BCUT2D eigenvalue weighted by Crippen LogP contribution is -2.60. The van der Waals surface area contributed by atoms with Gasteiger partial charge >= 0.3 is 11.6 Å². The average Bonchev–Trinajstić information content (AvgIpc) is 2.56. The lowest BCUT2D eigenvalue weighted by atomic mass is 9.79. The molecule has 1 aliphatic rings. The fourth-order valence-corrected chi connectivity index (χ4v) is 4.51. The zero-order valence-corrected chi connectivity index (χ0v) is 18.9. The minimum absolute atomic E-state index is 0.0118. The number of aromatic nitrogens is 2. The SMILES string of the molecule is Cc1cc(Oc2ncnc(NC3CC(C)(C)NC(C)(C)C3)c2[N+](=O)[O-])cc(C)c1Cl. The number of benzene rings is 1. The molecule has 9 heteroatoms. The normalized spacial score (nSPS) is 18.1. The summed E-state index contributed by atoms with van der Waals surface area (Å²) in [5.41, 5.74) is 1.14. The molecule has 1 aliphatic heterocycles. The number of aryl methyl sites for hydroxylation is 2. The van der Waals surface area contributed by atoms with E-state index in [1.165, 1.54) is 6.33 Å². The van der Waals surface area contributed by atoms with Crippen molar-refractivity contribution in [2.45, 2.75) is 71.5 Å². The van der Waals surface area contributed by atoms with Crippen LogP contribution in [-0.2, 0) is 0 Å². The predicted octanol–water partition coefficient (Wildman–Crippen LogP) is 5.17. The monoisotopic (exact) mass is 433 g/mol. The van der Waals surface area contributed by atoms with Crippen LogP contribution in [0.5, 0.6) is 11.6 Å². The van der Waals surface area contributed by atoms with Gasteiger partial charge < -0.3 is 15.4 Å². The van der Waals surface area contributed by atoms with Crippen molar-refractivity contribution in [2.24, 2.45) is 0 Å². The third-order valence-electron chi connectivity index (χ3n) is 5.13. The van der Waals surface area contributed by atoms with Gasteiger partial charge in [0.05, 0.1) is 4.92 Å². The number of nitrogens with zero attached hydrogens (tertiary/aromatic N) is 3. The molecule has 162 valence electrons. The van der Waals surface area contributed by atoms with Crippen LogP contribution in [0.25, 0.3) is 0 Å². The number of rotatable bonds is 5. The molecular weight excluding hydrogens is 406 g/mol. The van der Waals surface area contributed by atoms with E-state index in [0.717, 1.165) is 24.0 Å². The van der Waals surface area contributed by atoms with E-state index in [2.05, 4.69) is 48.3 Å². The summed E-state index contributed by atoms with van der Waals surface area (Å²) >= 11 is 6.21. The van der Waals surface area contributed by atoms with Gasteiger partial charge in [-0.05, 0) is 77.6 Å². The van der Waals surface area contributed by atoms with Crippen LogP contribution in [0.15, 0.2) is 18.5 Å². The quantitative estimate of drug-likeness (QED) is 0.495. The molecule has 30 heavy (non-hydrogen) atoms. The minimum Gasteiger partial charge on any atom is -0.434 e. The van der Waals surface area contributed by atoms with Gasteiger partial charge in [0.1, 0.15) is 12.1 Å². The van der Waals surface area contributed by atoms with Gasteiger partial charge in [-0.15, -0.1) is 0 Å². The molecular formula is C21H28ClN5O3. The summed E-state index contributed by atoms with van der Waals surface area (Å²) in [6, 6.07) is 3.47. The Balaban J connectivity index is 1.93. The number of nitrogens with one attached hydrogen (secondary N) is 2. The standard InChI is InChI=1S/C21H28ClN5O3/c1-12-7-15(8-13(2)16(12)22)30-19-17(27(28)29)18(23-11-24-19)25-14-9-20(3,4)26-21(5,6)10-14/h7-8,11,14,26H,9-10H2,1-6H3,(H,23,24,25). The Morgan fingerprint density at radius 3 is 2.27 bits per heavy atom. The molecule has 8 nitrogen and oxygen atoms in total. The fraction of sp³-hybridized carbons (Fsp3) is 0.524. The molecule has 0 spiro atoms. The Morgan fingerprint density at radius 2 is 1.73 bits per heavy atom. The summed E-state index contributed by atoms with van der Waals surface area (Å²) in [5, 5.41) is 19.4. The Hall–Kier alpha value is -2.45. The van der Waals surface area contributed by atoms with Crippen molar-refractivity contribution in [3.8, 4) is 11.6 Å². The topological polar surface area (TPSA) is 102 Å². The van der Waals surface area contributed by atoms with E-state index < -0.39 is 4.92 Å². The number of nitro groups is 1. The fourth-order valence-electron chi connectivity index (χ4n) is 4.40. The predicted molar refractivity (Wildman–Crippen MR) is 118 cm³/mol. The third-order valence-corrected chi connectivity index (χ3v) is 5.72. The summed E-state index contributed by atoms with van der Waals surface area (Å²) in [6.45, 7) is 12.2. The number of hydrogen-bond donors (Lipinski definition) is 2. The maximum absolute atomic E-state index is 11.9. The van der Waals surface area contributed by atoms with Gasteiger partial charge in [0.25, 0.3) is 0 Å². The van der Waals surface area contributed by atoms with Gasteiger partial charge in [-0.3, -0.25) is 10.1 Å². The second kappa shape index (κ2) is 8.00. The van der Waals surface area contributed by atoms with E-state index in [1.807, 2.05) is 13.8 Å². The van der Waals surface area contributed by atoms with Gasteiger partial charge in [-0.1, -0.05) is 11.6 Å². The van der Waals surface area contributed by atoms with Crippen LogP contribution in [-0.4, -0.2) is 32.0 Å². The van der Waals surface area contributed by atoms with E-state index in [1.54, 1.807) is 12.1 Å². The lowest BCUT2D eigenvalue weighted by molar-refractivity contribution is -0.385. The molecule has 2 heterocycles. The number of ether oxygens (including phenoxy) is 1. The second-order valence-corrected chi connectivity index (χ2v) is 9.63. The summed E-state index contributed by atoms with van der Waals surface area (Å²) < 4.78 is 5.80. The van der Waals surface area contributed by atoms with E-state index in [4.69, 9.17) is 16.3 Å². The zero-order chi connectivity index (χ0) is 22.3. The summed E-state index contributed by atoms with van der Waals surface area (Å²) in [7, 11) is 0. The van der Waals surface area contributed by atoms with Crippen molar-refractivity contribution in [2.75, 3.05) is 5.32 Å². The molecule has 1 saturated heterocycles. The van der Waals surface area contributed by atoms with Crippen LogP contribution in [0.4, 0.5) is 11.5 Å². The van der Waals surface area contributed by atoms with Crippen LogP contribution >= 0.6 is 11.6 Å². The van der Waals surface area contributed by atoms with Crippen molar-refractivity contribution >= 4 is 23.1 Å². The van der Waals surface area contributed by atoms with E-state index in [9.17, 15) is 10.1 Å². The molecule has 0 radical (unpaired) electrons. The van der Waals surface area contributed by atoms with Crippen LogP contribution in [0.1, 0.15) is 51.7 Å². The van der Waals surface area contributed by atoms with E-state index >= 15 is 0 Å². The average molecular weight is 434 g/mol. The smallest absolute Gasteiger partial charge is 0.373 e. The molecule has 0 bridgehead atoms. The molecule has 3 rings (SSSR count). The van der Waals surface area contributed by atoms with Gasteiger partial charge in [-0.2, -0.15) is 4.98 Å². The van der Waals surface area contributed by atoms with Crippen LogP contribution in [0.3, 0.4) is 0 Å². The second-order valence-electron chi connectivity index (χ2n) is 9.25. The minimum atomic E-state index is -0.509. The molecule has 0 saturated carbocycles. The van der Waals surface area contributed by atoms with Crippen molar-refractivity contribution in [3.63, 3.8) is 0 Å². The van der Waals surface area contributed by atoms with Crippen molar-refractivity contribution < 1.29 is 9.66 Å². The lowest BCUT2D eigenvalue weighted by Gasteiger charge is -2.46. The molecule has 2 aromatic rings. The molecule has 2 N–H and O–H groups in total. The third kappa shape index (κ3) is 4.99. The molecule has 0 aliphatic carbocycles. The first-order valence-corrected chi connectivity index (χ1v) is 10.2. The number of hydrogen-bond acceptors (Lipinski definition) is 7. The Morgan fingerprint density at radius 1 is 1.17 bits per heavy atom. The van der Waals surface area contributed by atoms with Crippen molar-refractivity contribution in [1.29, 1.82) is 0 Å². The van der Waals surface area contributed by atoms with Crippen molar-refractivity contribution in [1.82, 2.24) is 15.3 Å². The van der Waals surface area contributed by atoms with Gasteiger partial charge in [0.2, 0.25) is 5.82 Å². The van der Waals surface area contributed by atoms with Crippen LogP contribution in [0.2, 0.25) is 5.02 Å². The molecule has 0 atom stereocenters. The van der Waals surface area contributed by atoms with E-state index in [0.29, 0.717) is 10.8 Å². The molecule has 1 fully saturated rings. The number of anilines is 1. The first kappa shape index (κ1) is 22.2. The zero-order valence-electron chi connectivity index (χ0n) is 18.2. The molecule has 1 aromatic heterocycles. The largest absolute Gasteiger partial charge is 0.434 e. The molecule has 0 amide bonds. The number of piperidine rings is 1. The molecule has 1 aromatic carbocycles. The first-order valence-electron chi connectivity index (χ1n) is 9.87. The summed E-state index contributed by atoms with van der Waals surface area (Å²) in [6.07, 6.45) is 2.87. The Kier molecular flexibility index (Phi) is 5.93.